The topological polar surface area (TPSA) is 86.7 Å². The van der Waals surface area contributed by atoms with Crippen molar-refractivity contribution in [2.75, 3.05) is 0 Å². The van der Waals surface area contributed by atoms with Crippen molar-refractivity contribution < 1.29 is 19.5 Å². The summed E-state index contributed by atoms with van der Waals surface area (Å²) >= 11 is 1.34. The van der Waals surface area contributed by atoms with E-state index in [0.29, 0.717) is 0 Å². The molecule has 2 aliphatic rings. The predicted molar refractivity (Wildman–Crippen MR) is 85.6 cm³/mol. The number of carbonyl (C=O) groups is 3. The zero-order chi connectivity index (χ0) is 16.8. The number of hydrogen-bond donors (Lipinski definition) is 2. The number of aliphatic carboxylic acids is 1. The van der Waals surface area contributed by atoms with Gasteiger partial charge in [0.1, 0.15) is 6.04 Å². The molecule has 0 saturated carbocycles. The number of β-lactam (4-membered cyclic amide) rings is 1. The Kier molecular flexibility index (Phi) is 3.63. The number of nitrogens with one attached hydrogen (secondary N) is 1. The second-order valence-electron chi connectivity index (χ2n) is 6.38. The Morgan fingerprint density at radius 3 is 2.57 bits per heavy atom. The minimum absolute atomic E-state index is 0.130. The highest BCUT2D eigenvalue weighted by atomic mass is 32.2. The van der Waals surface area contributed by atoms with Gasteiger partial charge in [0, 0.05) is 4.75 Å². The smallest absolute Gasteiger partial charge is 0.327 e. The molecular formula is C16H18N2O4S. The average Bonchev–Trinajstić information content (AvgIpc) is 2.62. The maximum atomic E-state index is 12.3. The summed E-state index contributed by atoms with van der Waals surface area (Å²) < 4.78 is -0.669. The minimum atomic E-state index is -1.05. The van der Waals surface area contributed by atoms with Crippen LogP contribution in [0, 0.1) is 0 Å². The van der Waals surface area contributed by atoms with E-state index >= 15 is 0 Å². The number of carboxylic acids is 1. The number of nitrogens with zero attached hydrogens (tertiary/aromatic N) is 1. The third-order valence-electron chi connectivity index (χ3n) is 4.17. The Labute approximate surface area is 138 Å². The number of rotatable bonds is 4. The summed E-state index contributed by atoms with van der Waals surface area (Å²) in [6.07, 6.45) is 0.328. The third-order valence-corrected chi connectivity index (χ3v) is 5.70. The molecule has 23 heavy (non-hydrogen) atoms. The normalized spacial score (nSPS) is 28.0. The van der Waals surface area contributed by atoms with Crippen molar-refractivity contribution >= 4 is 29.5 Å². The van der Waals surface area contributed by atoms with Crippen LogP contribution in [0.1, 0.15) is 25.8 Å². The SMILES string of the molecule is CC1(C)SC2(NC(=O)Cc3ccccc3)CC(=O)N2[C@H]1C(=O)O. The van der Waals surface area contributed by atoms with Crippen LogP contribution in [0.2, 0.25) is 0 Å². The van der Waals surface area contributed by atoms with Crippen molar-refractivity contribution in [1.29, 1.82) is 0 Å². The number of carboxylic acid groups (broad SMARTS) is 1. The highest BCUT2D eigenvalue weighted by molar-refractivity contribution is 8.02. The van der Waals surface area contributed by atoms with Gasteiger partial charge in [0.15, 0.2) is 4.99 Å². The van der Waals surface area contributed by atoms with Gasteiger partial charge in [-0.05, 0) is 19.4 Å². The summed E-state index contributed by atoms with van der Waals surface area (Å²) in [6.45, 7) is 3.57. The summed E-state index contributed by atoms with van der Waals surface area (Å²) in [5.41, 5.74) is 0.871. The van der Waals surface area contributed by atoms with E-state index in [2.05, 4.69) is 5.32 Å². The van der Waals surface area contributed by atoms with Crippen LogP contribution in [0.4, 0.5) is 0 Å². The highest BCUT2D eigenvalue weighted by Gasteiger charge is 2.68. The van der Waals surface area contributed by atoms with Crippen LogP contribution in [0.15, 0.2) is 30.3 Å². The second-order valence-corrected chi connectivity index (χ2v) is 8.31. The van der Waals surface area contributed by atoms with Crippen molar-refractivity contribution in [3.05, 3.63) is 35.9 Å². The molecule has 2 aliphatic heterocycles. The van der Waals surface area contributed by atoms with Crippen LogP contribution in [0.5, 0.6) is 0 Å². The number of thioether (sulfide) groups is 1. The van der Waals surface area contributed by atoms with Gasteiger partial charge in [0.05, 0.1) is 12.8 Å². The monoisotopic (exact) mass is 334 g/mol. The van der Waals surface area contributed by atoms with E-state index in [1.807, 2.05) is 30.3 Å². The highest BCUT2D eigenvalue weighted by Crippen LogP contribution is 2.56. The van der Waals surface area contributed by atoms with E-state index in [1.165, 1.54) is 16.7 Å². The van der Waals surface area contributed by atoms with Crippen LogP contribution < -0.4 is 5.32 Å². The second kappa shape index (κ2) is 5.26. The minimum Gasteiger partial charge on any atom is -0.480 e. The summed E-state index contributed by atoms with van der Waals surface area (Å²) in [5, 5.41) is 12.3. The quantitative estimate of drug-likeness (QED) is 0.808. The first kappa shape index (κ1) is 15.9. The first-order chi connectivity index (χ1) is 10.8. The first-order valence-corrected chi connectivity index (χ1v) is 8.17. The van der Waals surface area contributed by atoms with Gasteiger partial charge in [-0.25, -0.2) is 4.79 Å². The number of amides is 2. The summed E-state index contributed by atoms with van der Waals surface area (Å²) in [7, 11) is 0. The van der Waals surface area contributed by atoms with Crippen LogP contribution >= 0.6 is 11.8 Å². The molecule has 1 unspecified atom stereocenters. The molecule has 0 aromatic heterocycles. The van der Waals surface area contributed by atoms with E-state index in [4.69, 9.17) is 0 Å². The van der Waals surface area contributed by atoms with Crippen molar-refractivity contribution in [2.45, 2.75) is 42.5 Å². The van der Waals surface area contributed by atoms with Gasteiger partial charge < -0.3 is 10.4 Å². The molecule has 0 radical (unpaired) electrons. The number of benzene rings is 1. The Bertz CT molecular complexity index is 676. The fraction of sp³-hybridized carbons (Fsp3) is 0.438. The molecule has 1 aromatic carbocycles. The Morgan fingerprint density at radius 2 is 2.00 bits per heavy atom. The molecule has 0 bridgehead atoms. The van der Waals surface area contributed by atoms with Gasteiger partial charge in [-0.15, -0.1) is 11.8 Å². The van der Waals surface area contributed by atoms with Crippen LogP contribution in [0.25, 0.3) is 0 Å². The fourth-order valence-corrected chi connectivity index (χ4v) is 5.16. The summed E-state index contributed by atoms with van der Waals surface area (Å²) in [5.74, 6) is -1.51. The molecule has 2 amide bonds. The summed E-state index contributed by atoms with van der Waals surface area (Å²) in [4.78, 5) is 36.2. The molecule has 2 heterocycles. The number of hydrogen-bond acceptors (Lipinski definition) is 4. The molecule has 2 saturated heterocycles. The maximum Gasteiger partial charge on any atom is 0.327 e. The number of carbonyl (C=O) groups excluding carboxylic acids is 2. The van der Waals surface area contributed by atoms with E-state index in [-0.39, 0.29) is 24.7 Å². The van der Waals surface area contributed by atoms with Crippen molar-refractivity contribution in [2.24, 2.45) is 0 Å². The van der Waals surface area contributed by atoms with Gasteiger partial charge >= 0.3 is 5.97 Å². The molecular weight excluding hydrogens is 316 g/mol. The van der Waals surface area contributed by atoms with Crippen molar-refractivity contribution in [3.8, 4) is 0 Å². The van der Waals surface area contributed by atoms with E-state index < -0.39 is 21.8 Å². The lowest BCUT2D eigenvalue weighted by atomic mass is 9.96. The third kappa shape index (κ3) is 2.59. The maximum absolute atomic E-state index is 12.3. The average molecular weight is 334 g/mol. The Morgan fingerprint density at radius 1 is 1.35 bits per heavy atom. The van der Waals surface area contributed by atoms with Gasteiger partial charge in [-0.1, -0.05) is 30.3 Å². The van der Waals surface area contributed by atoms with Gasteiger partial charge in [0.2, 0.25) is 11.8 Å². The molecule has 2 fully saturated rings. The van der Waals surface area contributed by atoms with Crippen LogP contribution in [0.3, 0.4) is 0 Å². The molecule has 2 atom stereocenters. The number of fused-ring (bicyclic) bond motifs is 1. The lowest BCUT2D eigenvalue weighted by Gasteiger charge is -2.47. The zero-order valence-electron chi connectivity index (χ0n) is 12.9. The Hall–Kier alpha value is -2.02. The van der Waals surface area contributed by atoms with Gasteiger partial charge in [-0.2, -0.15) is 0 Å². The zero-order valence-corrected chi connectivity index (χ0v) is 13.7. The van der Waals surface area contributed by atoms with E-state index in [9.17, 15) is 19.5 Å². The molecule has 7 heteroatoms. The largest absolute Gasteiger partial charge is 0.480 e. The van der Waals surface area contributed by atoms with Crippen molar-refractivity contribution in [3.63, 3.8) is 0 Å². The molecule has 6 nitrogen and oxygen atoms in total. The van der Waals surface area contributed by atoms with E-state index in [0.717, 1.165) is 5.56 Å². The van der Waals surface area contributed by atoms with Crippen LogP contribution in [-0.2, 0) is 20.8 Å². The fourth-order valence-electron chi connectivity index (χ4n) is 3.31. The van der Waals surface area contributed by atoms with Crippen LogP contribution in [-0.4, -0.2) is 43.6 Å². The predicted octanol–water partition coefficient (Wildman–Crippen LogP) is 1.21. The summed E-state index contributed by atoms with van der Waals surface area (Å²) in [6, 6.07) is 8.35. The first-order valence-electron chi connectivity index (χ1n) is 7.35. The Balaban J connectivity index is 1.78. The molecule has 122 valence electrons. The molecule has 0 spiro atoms. The molecule has 1 aromatic rings. The lowest BCUT2D eigenvalue weighted by molar-refractivity contribution is -0.166. The standard InChI is InChI=1S/C16H18N2O4S/c1-15(2)13(14(21)22)18-12(20)9-16(18,23-15)17-11(19)8-10-6-4-3-5-7-10/h3-7,13H,8-9H2,1-2H3,(H,17,19)(H,21,22)/t13-,16?/m0/s1. The molecule has 0 aliphatic carbocycles. The van der Waals surface area contributed by atoms with Crippen molar-refractivity contribution in [1.82, 2.24) is 10.2 Å². The van der Waals surface area contributed by atoms with Gasteiger partial charge in [-0.3, -0.25) is 14.5 Å². The lowest BCUT2D eigenvalue weighted by Crippen LogP contribution is -2.70. The molecule has 3 rings (SSSR count). The van der Waals surface area contributed by atoms with E-state index in [1.54, 1.807) is 13.8 Å². The van der Waals surface area contributed by atoms with Gasteiger partial charge in [0.25, 0.3) is 0 Å². The molecule has 2 N–H and O–H groups in total.